The number of carbonyl (C=O) groups is 1. The predicted molar refractivity (Wildman–Crippen MR) is 131 cm³/mol. The Balaban J connectivity index is 1.76. The lowest BCUT2D eigenvalue weighted by Crippen LogP contribution is -2.27. The maximum Gasteiger partial charge on any atom is 0.266 e. The van der Waals surface area contributed by atoms with Crippen LogP contribution < -0.4 is 10.5 Å². The molecule has 1 aliphatic rings. The van der Waals surface area contributed by atoms with Crippen molar-refractivity contribution in [2.75, 3.05) is 25.9 Å². The molecule has 3 heterocycles. The van der Waals surface area contributed by atoms with Gasteiger partial charge >= 0.3 is 0 Å². The summed E-state index contributed by atoms with van der Waals surface area (Å²) in [5.41, 5.74) is 12.1. The number of benzene rings is 2. The number of thiophene rings is 1. The largest absolute Gasteiger partial charge is 0.496 e. The Morgan fingerprint density at radius 3 is 2.50 bits per heavy atom. The molecule has 2 aromatic carbocycles. The van der Waals surface area contributed by atoms with Crippen LogP contribution in [-0.4, -0.2) is 36.0 Å². The number of hydrogen-bond donors (Lipinski definition) is 1. The molecule has 2 N–H and O–H groups in total. The van der Waals surface area contributed by atoms with Gasteiger partial charge in [0.05, 0.1) is 18.5 Å². The first kappa shape index (κ1) is 20.5. The fourth-order valence-electron chi connectivity index (χ4n) is 4.30. The summed E-state index contributed by atoms with van der Waals surface area (Å²) in [4.78, 5) is 21.4. The first-order valence-corrected chi connectivity index (χ1v) is 11.6. The molecule has 0 unspecified atom stereocenters. The molecule has 4 aromatic rings. The van der Waals surface area contributed by atoms with Crippen LogP contribution in [0.4, 0.5) is 5.69 Å². The van der Waals surface area contributed by atoms with Gasteiger partial charge in [-0.3, -0.25) is 4.79 Å². The highest BCUT2D eigenvalue weighted by Crippen LogP contribution is 2.44. The van der Waals surface area contributed by atoms with Gasteiger partial charge in [0.25, 0.3) is 5.91 Å². The number of nitrogens with two attached hydrogens (primary N) is 1. The Morgan fingerprint density at radius 2 is 1.78 bits per heavy atom. The zero-order chi connectivity index (χ0) is 22.2. The maximum atomic E-state index is 13.2. The number of anilines is 1. The monoisotopic (exact) mass is 443 g/mol. The van der Waals surface area contributed by atoms with Crippen LogP contribution in [0.15, 0.2) is 54.6 Å². The number of hydrogen-bond acceptors (Lipinski definition) is 5. The lowest BCUT2D eigenvalue weighted by Gasteiger charge is -2.14. The standard InChI is InChI=1S/C26H25N3O2S/c1-16-9-11-17(12-10-16)20-15-19(18-7-3-4-8-21(18)31-2)22-23(27)24(32-25(22)28-20)26(30)29-13-5-6-14-29/h3-4,7-12,15H,5-6,13-14,27H2,1-2H3. The summed E-state index contributed by atoms with van der Waals surface area (Å²) in [6.45, 7) is 3.64. The van der Waals surface area contributed by atoms with E-state index in [9.17, 15) is 4.79 Å². The summed E-state index contributed by atoms with van der Waals surface area (Å²) >= 11 is 1.38. The van der Waals surface area contributed by atoms with Crippen LogP contribution in [0.25, 0.3) is 32.6 Å². The number of likely N-dealkylation sites (tertiary alicyclic amines) is 1. The molecule has 1 fully saturated rings. The van der Waals surface area contributed by atoms with E-state index in [-0.39, 0.29) is 5.91 Å². The molecule has 0 atom stereocenters. The molecule has 2 aromatic heterocycles. The van der Waals surface area contributed by atoms with Gasteiger partial charge in [0.2, 0.25) is 0 Å². The molecule has 1 saturated heterocycles. The van der Waals surface area contributed by atoms with Crippen molar-refractivity contribution in [2.24, 2.45) is 0 Å². The van der Waals surface area contributed by atoms with Crippen LogP contribution in [0.5, 0.6) is 5.75 Å². The summed E-state index contributed by atoms with van der Waals surface area (Å²) in [5.74, 6) is 0.763. The summed E-state index contributed by atoms with van der Waals surface area (Å²) in [5, 5.41) is 0.818. The summed E-state index contributed by atoms with van der Waals surface area (Å²) in [6.07, 6.45) is 2.08. The van der Waals surface area contributed by atoms with Gasteiger partial charge in [-0.2, -0.15) is 0 Å². The van der Waals surface area contributed by atoms with Gasteiger partial charge < -0.3 is 15.4 Å². The SMILES string of the molecule is COc1ccccc1-c1cc(-c2ccc(C)cc2)nc2sc(C(=O)N3CCCC3)c(N)c12. The number of nitrogens with zero attached hydrogens (tertiary/aromatic N) is 2. The second kappa shape index (κ2) is 8.28. The van der Waals surface area contributed by atoms with E-state index in [4.69, 9.17) is 15.5 Å². The molecular formula is C26H25N3O2S. The van der Waals surface area contributed by atoms with Gasteiger partial charge in [0.15, 0.2) is 0 Å². The van der Waals surface area contributed by atoms with E-state index in [1.165, 1.54) is 16.9 Å². The molecule has 1 aliphatic heterocycles. The predicted octanol–water partition coefficient (Wildman–Crippen LogP) is 5.77. The van der Waals surface area contributed by atoms with Crippen molar-refractivity contribution < 1.29 is 9.53 Å². The highest BCUT2D eigenvalue weighted by molar-refractivity contribution is 7.21. The van der Waals surface area contributed by atoms with Crippen molar-refractivity contribution >= 4 is 33.1 Å². The van der Waals surface area contributed by atoms with E-state index >= 15 is 0 Å². The van der Waals surface area contributed by atoms with Crippen molar-refractivity contribution in [1.29, 1.82) is 0 Å². The lowest BCUT2D eigenvalue weighted by molar-refractivity contribution is 0.0798. The van der Waals surface area contributed by atoms with Crippen LogP contribution in [0, 0.1) is 6.92 Å². The maximum absolute atomic E-state index is 13.2. The Kier molecular flexibility index (Phi) is 5.31. The van der Waals surface area contributed by atoms with Gasteiger partial charge in [-0.15, -0.1) is 11.3 Å². The summed E-state index contributed by atoms with van der Waals surface area (Å²) in [6, 6.07) is 18.2. The third kappa shape index (κ3) is 3.50. The van der Waals surface area contributed by atoms with E-state index in [1.54, 1.807) is 7.11 Å². The number of nitrogen functional groups attached to an aromatic ring is 1. The molecule has 0 spiro atoms. The van der Waals surface area contributed by atoms with E-state index in [0.717, 1.165) is 64.3 Å². The van der Waals surface area contributed by atoms with E-state index < -0.39 is 0 Å². The first-order valence-electron chi connectivity index (χ1n) is 10.8. The Labute approximate surface area is 191 Å². The van der Waals surface area contributed by atoms with E-state index in [1.807, 2.05) is 29.2 Å². The number of aryl methyl sites for hydroxylation is 1. The zero-order valence-corrected chi connectivity index (χ0v) is 19.0. The molecule has 5 nitrogen and oxygen atoms in total. The van der Waals surface area contributed by atoms with Crippen LogP contribution >= 0.6 is 11.3 Å². The average Bonchev–Trinajstić information content (AvgIpc) is 3.47. The molecule has 6 heteroatoms. The fraction of sp³-hybridized carbons (Fsp3) is 0.231. The van der Waals surface area contributed by atoms with Crippen molar-refractivity contribution in [3.63, 3.8) is 0 Å². The second-order valence-corrected chi connectivity index (χ2v) is 9.14. The minimum Gasteiger partial charge on any atom is -0.496 e. The van der Waals surface area contributed by atoms with Gasteiger partial charge in [-0.1, -0.05) is 48.0 Å². The fourth-order valence-corrected chi connectivity index (χ4v) is 5.38. The van der Waals surface area contributed by atoms with Crippen LogP contribution in [0.1, 0.15) is 28.1 Å². The third-order valence-electron chi connectivity index (χ3n) is 6.03. The normalized spacial score (nSPS) is 13.6. The first-order chi connectivity index (χ1) is 15.6. The number of carbonyl (C=O) groups excluding carboxylic acids is 1. The molecule has 32 heavy (non-hydrogen) atoms. The average molecular weight is 444 g/mol. The molecule has 162 valence electrons. The quantitative estimate of drug-likeness (QED) is 0.435. The number of ether oxygens (including phenoxy) is 1. The minimum absolute atomic E-state index is 0.00543. The molecule has 5 rings (SSSR count). The number of fused-ring (bicyclic) bond motifs is 1. The third-order valence-corrected chi connectivity index (χ3v) is 7.12. The number of aromatic nitrogens is 1. The highest BCUT2D eigenvalue weighted by atomic mass is 32.1. The number of amides is 1. The number of methoxy groups -OCH3 is 1. The number of para-hydroxylation sites is 1. The lowest BCUT2D eigenvalue weighted by atomic mass is 9.98. The number of pyridine rings is 1. The van der Waals surface area contributed by atoms with Gasteiger partial charge in [0, 0.05) is 29.6 Å². The van der Waals surface area contributed by atoms with Crippen molar-refractivity contribution in [3.8, 4) is 28.1 Å². The molecular weight excluding hydrogens is 418 g/mol. The smallest absolute Gasteiger partial charge is 0.266 e. The summed E-state index contributed by atoms with van der Waals surface area (Å²) < 4.78 is 5.65. The Bertz CT molecular complexity index is 1300. The van der Waals surface area contributed by atoms with Gasteiger partial charge in [0.1, 0.15) is 15.5 Å². The molecule has 0 radical (unpaired) electrons. The van der Waals surface area contributed by atoms with Crippen molar-refractivity contribution in [3.05, 3.63) is 65.0 Å². The van der Waals surface area contributed by atoms with Crippen LogP contribution in [0.3, 0.4) is 0 Å². The molecule has 1 amide bonds. The molecule has 0 saturated carbocycles. The zero-order valence-electron chi connectivity index (χ0n) is 18.2. The second-order valence-electron chi connectivity index (χ2n) is 8.15. The van der Waals surface area contributed by atoms with E-state index in [2.05, 4.69) is 37.3 Å². The van der Waals surface area contributed by atoms with Gasteiger partial charge in [-0.05, 0) is 37.5 Å². The molecule has 0 aliphatic carbocycles. The van der Waals surface area contributed by atoms with E-state index in [0.29, 0.717) is 10.6 Å². The topological polar surface area (TPSA) is 68.5 Å². The van der Waals surface area contributed by atoms with Crippen LogP contribution in [0.2, 0.25) is 0 Å². The summed E-state index contributed by atoms with van der Waals surface area (Å²) in [7, 11) is 1.66. The van der Waals surface area contributed by atoms with Crippen molar-refractivity contribution in [2.45, 2.75) is 19.8 Å². The van der Waals surface area contributed by atoms with Crippen molar-refractivity contribution in [1.82, 2.24) is 9.88 Å². The minimum atomic E-state index is 0.00543. The Morgan fingerprint density at radius 1 is 1.06 bits per heavy atom. The Hall–Kier alpha value is -3.38. The van der Waals surface area contributed by atoms with Gasteiger partial charge in [-0.25, -0.2) is 4.98 Å². The highest BCUT2D eigenvalue weighted by Gasteiger charge is 2.27. The van der Waals surface area contributed by atoms with Crippen LogP contribution in [-0.2, 0) is 0 Å². The number of rotatable bonds is 4. The molecule has 0 bridgehead atoms.